The Bertz CT molecular complexity index is 471. The minimum Gasteiger partial charge on any atom is -0.465 e. The first-order valence-corrected chi connectivity index (χ1v) is 5.46. The summed E-state index contributed by atoms with van der Waals surface area (Å²) in [5.41, 5.74) is 8.09. The SMILES string of the molecule is CCOC(=O)C(N)c1ccc2c(c1)CC(=O)N2. The Labute approximate surface area is 98.9 Å². The van der Waals surface area contributed by atoms with Gasteiger partial charge in [0.25, 0.3) is 0 Å². The van der Waals surface area contributed by atoms with E-state index < -0.39 is 12.0 Å². The van der Waals surface area contributed by atoms with Crippen LogP contribution in [-0.2, 0) is 20.7 Å². The molecule has 3 N–H and O–H groups in total. The van der Waals surface area contributed by atoms with Crippen LogP contribution in [0.3, 0.4) is 0 Å². The fourth-order valence-corrected chi connectivity index (χ4v) is 1.81. The van der Waals surface area contributed by atoms with Crippen molar-refractivity contribution in [2.75, 3.05) is 11.9 Å². The molecule has 1 atom stereocenters. The molecule has 1 aromatic rings. The average Bonchev–Trinajstić information content (AvgIpc) is 2.67. The fourth-order valence-electron chi connectivity index (χ4n) is 1.81. The first-order valence-electron chi connectivity index (χ1n) is 5.46. The van der Waals surface area contributed by atoms with E-state index in [0.29, 0.717) is 18.6 Å². The number of nitrogens with one attached hydrogen (secondary N) is 1. The van der Waals surface area contributed by atoms with Gasteiger partial charge in [-0.2, -0.15) is 0 Å². The van der Waals surface area contributed by atoms with Gasteiger partial charge in [0.1, 0.15) is 6.04 Å². The molecule has 0 fully saturated rings. The van der Waals surface area contributed by atoms with Gasteiger partial charge in [-0.1, -0.05) is 12.1 Å². The Morgan fingerprint density at radius 1 is 1.59 bits per heavy atom. The second-order valence-electron chi connectivity index (χ2n) is 3.87. The van der Waals surface area contributed by atoms with Crippen LogP contribution in [0.2, 0.25) is 0 Å². The van der Waals surface area contributed by atoms with Crippen LogP contribution in [0, 0.1) is 0 Å². The monoisotopic (exact) mass is 234 g/mol. The summed E-state index contributed by atoms with van der Waals surface area (Å²) in [6.07, 6.45) is 0.332. The molecule has 0 saturated carbocycles. The summed E-state index contributed by atoms with van der Waals surface area (Å²) >= 11 is 0. The van der Waals surface area contributed by atoms with E-state index in [1.54, 1.807) is 25.1 Å². The first-order chi connectivity index (χ1) is 8.11. The molecule has 1 unspecified atom stereocenters. The number of benzene rings is 1. The van der Waals surface area contributed by atoms with E-state index in [1.807, 2.05) is 0 Å². The van der Waals surface area contributed by atoms with Crippen molar-refractivity contribution in [1.82, 2.24) is 0 Å². The van der Waals surface area contributed by atoms with E-state index in [9.17, 15) is 9.59 Å². The minimum absolute atomic E-state index is 0.0399. The van der Waals surface area contributed by atoms with Gasteiger partial charge in [-0.25, -0.2) is 4.79 Å². The highest BCUT2D eigenvalue weighted by Gasteiger charge is 2.22. The Balaban J connectivity index is 2.21. The van der Waals surface area contributed by atoms with Crippen LogP contribution in [-0.4, -0.2) is 18.5 Å². The zero-order valence-electron chi connectivity index (χ0n) is 9.53. The number of rotatable bonds is 3. The molecular weight excluding hydrogens is 220 g/mol. The maximum atomic E-state index is 11.5. The molecule has 90 valence electrons. The molecule has 0 saturated heterocycles. The maximum Gasteiger partial charge on any atom is 0.327 e. The standard InChI is InChI=1S/C12H14N2O3/c1-2-17-12(16)11(13)7-3-4-9-8(5-7)6-10(15)14-9/h3-5,11H,2,6,13H2,1H3,(H,14,15). The van der Waals surface area contributed by atoms with Crippen molar-refractivity contribution >= 4 is 17.6 Å². The molecule has 1 aliphatic heterocycles. The maximum absolute atomic E-state index is 11.5. The Morgan fingerprint density at radius 3 is 3.06 bits per heavy atom. The molecule has 1 amide bonds. The summed E-state index contributed by atoms with van der Waals surface area (Å²) in [5, 5.41) is 2.72. The lowest BCUT2D eigenvalue weighted by molar-refractivity contribution is -0.144. The second kappa shape index (κ2) is 4.55. The zero-order valence-corrected chi connectivity index (χ0v) is 9.53. The number of carbonyl (C=O) groups excluding carboxylic acids is 2. The molecular formula is C12H14N2O3. The van der Waals surface area contributed by atoms with Crippen LogP contribution in [0.5, 0.6) is 0 Å². The summed E-state index contributed by atoms with van der Waals surface area (Å²) in [6, 6.07) is 4.46. The molecule has 1 aliphatic rings. The summed E-state index contributed by atoms with van der Waals surface area (Å²) < 4.78 is 4.85. The van der Waals surface area contributed by atoms with Gasteiger partial charge in [0.05, 0.1) is 13.0 Å². The topological polar surface area (TPSA) is 81.4 Å². The van der Waals surface area contributed by atoms with Gasteiger partial charge in [-0.3, -0.25) is 4.79 Å². The molecule has 0 aromatic heterocycles. The van der Waals surface area contributed by atoms with Crippen molar-refractivity contribution in [3.8, 4) is 0 Å². The number of hydrogen-bond donors (Lipinski definition) is 2. The predicted molar refractivity (Wildman–Crippen MR) is 62.3 cm³/mol. The molecule has 5 nitrogen and oxygen atoms in total. The molecule has 1 aromatic carbocycles. The number of hydrogen-bond acceptors (Lipinski definition) is 4. The largest absolute Gasteiger partial charge is 0.465 e. The number of amides is 1. The molecule has 17 heavy (non-hydrogen) atoms. The normalized spacial score (nSPS) is 15.1. The van der Waals surface area contributed by atoms with Gasteiger partial charge in [0, 0.05) is 5.69 Å². The Morgan fingerprint density at radius 2 is 2.35 bits per heavy atom. The van der Waals surface area contributed by atoms with Gasteiger partial charge in [0.15, 0.2) is 0 Å². The third-order valence-corrected chi connectivity index (χ3v) is 2.65. The van der Waals surface area contributed by atoms with Crippen molar-refractivity contribution < 1.29 is 14.3 Å². The first kappa shape index (κ1) is 11.6. The van der Waals surface area contributed by atoms with Gasteiger partial charge in [-0.05, 0) is 24.1 Å². The van der Waals surface area contributed by atoms with Crippen LogP contribution < -0.4 is 11.1 Å². The number of ether oxygens (including phenoxy) is 1. The molecule has 0 aliphatic carbocycles. The number of anilines is 1. The fraction of sp³-hybridized carbons (Fsp3) is 0.333. The van der Waals surface area contributed by atoms with Crippen molar-refractivity contribution in [3.63, 3.8) is 0 Å². The smallest absolute Gasteiger partial charge is 0.327 e. The van der Waals surface area contributed by atoms with Crippen LogP contribution in [0.25, 0.3) is 0 Å². The summed E-state index contributed by atoms with van der Waals surface area (Å²) in [6.45, 7) is 2.04. The summed E-state index contributed by atoms with van der Waals surface area (Å²) in [7, 11) is 0. The highest BCUT2D eigenvalue weighted by molar-refractivity contribution is 5.99. The van der Waals surface area contributed by atoms with Gasteiger partial charge < -0.3 is 15.8 Å². The summed E-state index contributed by atoms with van der Waals surface area (Å²) in [5.74, 6) is -0.494. The van der Waals surface area contributed by atoms with Gasteiger partial charge in [0.2, 0.25) is 5.91 Å². The van der Waals surface area contributed by atoms with Gasteiger partial charge >= 0.3 is 5.97 Å². The quantitative estimate of drug-likeness (QED) is 0.756. The third-order valence-electron chi connectivity index (χ3n) is 2.65. The van der Waals surface area contributed by atoms with E-state index in [4.69, 9.17) is 10.5 Å². The van der Waals surface area contributed by atoms with Crippen LogP contribution in [0.1, 0.15) is 24.1 Å². The molecule has 2 rings (SSSR count). The van der Waals surface area contributed by atoms with Crippen molar-refractivity contribution in [2.45, 2.75) is 19.4 Å². The zero-order chi connectivity index (χ0) is 12.4. The lowest BCUT2D eigenvalue weighted by Gasteiger charge is -2.11. The number of esters is 1. The van der Waals surface area contributed by atoms with E-state index >= 15 is 0 Å². The van der Waals surface area contributed by atoms with Crippen molar-refractivity contribution in [3.05, 3.63) is 29.3 Å². The van der Waals surface area contributed by atoms with E-state index in [-0.39, 0.29) is 5.91 Å². The second-order valence-corrected chi connectivity index (χ2v) is 3.87. The minimum atomic E-state index is -0.795. The number of carbonyl (C=O) groups is 2. The molecule has 0 bridgehead atoms. The predicted octanol–water partition coefficient (Wildman–Crippen LogP) is 0.744. The molecule has 0 radical (unpaired) electrons. The Hall–Kier alpha value is -1.88. The highest BCUT2D eigenvalue weighted by atomic mass is 16.5. The van der Waals surface area contributed by atoms with Crippen molar-refractivity contribution in [1.29, 1.82) is 0 Å². The van der Waals surface area contributed by atoms with Crippen LogP contribution >= 0.6 is 0 Å². The third kappa shape index (κ3) is 2.29. The number of fused-ring (bicyclic) bond motifs is 1. The van der Waals surface area contributed by atoms with E-state index in [1.165, 1.54) is 0 Å². The molecule has 0 spiro atoms. The van der Waals surface area contributed by atoms with Crippen LogP contribution in [0.15, 0.2) is 18.2 Å². The van der Waals surface area contributed by atoms with E-state index in [2.05, 4.69) is 5.32 Å². The summed E-state index contributed by atoms with van der Waals surface area (Å²) in [4.78, 5) is 22.7. The average molecular weight is 234 g/mol. The molecule has 1 heterocycles. The van der Waals surface area contributed by atoms with Crippen LogP contribution in [0.4, 0.5) is 5.69 Å². The Kier molecular flexibility index (Phi) is 3.10. The number of nitrogens with two attached hydrogens (primary N) is 1. The lowest BCUT2D eigenvalue weighted by atomic mass is 10.0. The lowest BCUT2D eigenvalue weighted by Crippen LogP contribution is -2.23. The van der Waals surface area contributed by atoms with E-state index in [0.717, 1.165) is 11.3 Å². The van der Waals surface area contributed by atoms with Crippen molar-refractivity contribution in [2.24, 2.45) is 5.73 Å². The van der Waals surface area contributed by atoms with Gasteiger partial charge in [-0.15, -0.1) is 0 Å². The molecule has 5 heteroatoms. The highest BCUT2D eigenvalue weighted by Crippen LogP contribution is 2.26.